The summed E-state index contributed by atoms with van der Waals surface area (Å²) >= 11 is 0. The van der Waals surface area contributed by atoms with Crippen LogP contribution in [0.25, 0.3) is 11.5 Å². The highest BCUT2D eigenvalue weighted by Gasteiger charge is 2.12. The number of hydrogen-bond acceptors (Lipinski definition) is 6. The summed E-state index contributed by atoms with van der Waals surface area (Å²) < 4.78 is 11.0. The highest BCUT2D eigenvalue weighted by atomic mass is 16.5. The standard InChI is InChI=1S/C18H18N4O3/c1-2-24-15-5-3-4-13(10-15)12-20-16(23)11-17-21-22-18(25-17)14-6-8-19-9-7-14/h3-10H,2,11-12H2,1H3,(H,20,23). The first-order chi connectivity index (χ1) is 12.2. The van der Waals surface area contributed by atoms with E-state index in [0.717, 1.165) is 16.9 Å². The Bertz CT molecular complexity index is 833. The van der Waals surface area contributed by atoms with Crippen molar-refractivity contribution >= 4 is 5.91 Å². The zero-order chi connectivity index (χ0) is 17.5. The van der Waals surface area contributed by atoms with Gasteiger partial charge in [-0.25, -0.2) is 0 Å². The zero-order valence-electron chi connectivity index (χ0n) is 13.8. The van der Waals surface area contributed by atoms with E-state index in [1.165, 1.54) is 0 Å². The van der Waals surface area contributed by atoms with Gasteiger partial charge in [-0.3, -0.25) is 9.78 Å². The molecule has 0 unspecified atom stereocenters. The fraction of sp³-hybridized carbons (Fsp3) is 0.222. The number of hydrogen-bond donors (Lipinski definition) is 1. The van der Waals surface area contributed by atoms with Crippen LogP contribution >= 0.6 is 0 Å². The molecular formula is C18H18N4O3. The van der Waals surface area contributed by atoms with Crippen LogP contribution in [0.4, 0.5) is 0 Å². The average molecular weight is 338 g/mol. The Balaban J connectivity index is 1.55. The summed E-state index contributed by atoms with van der Waals surface area (Å²) in [5.74, 6) is 1.24. The molecule has 0 saturated carbocycles. The summed E-state index contributed by atoms with van der Waals surface area (Å²) in [4.78, 5) is 16.0. The van der Waals surface area contributed by atoms with E-state index in [9.17, 15) is 4.79 Å². The van der Waals surface area contributed by atoms with Gasteiger partial charge in [-0.2, -0.15) is 0 Å². The van der Waals surface area contributed by atoms with Crippen LogP contribution in [0, 0.1) is 0 Å². The van der Waals surface area contributed by atoms with Crippen molar-refractivity contribution in [2.75, 3.05) is 6.61 Å². The van der Waals surface area contributed by atoms with E-state index in [4.69, 9.17) is 9.15 Å². The topological polar surface area (TPSA) is 90.1 Å². The van der Waals surface area contributed by atoms with Crippen molar-refractivity contribution in [3.8, 4) is 17.2 Å². The third-order valence-corrected chi connectivity index (χ3v) is 3.41. The number of rotatable bonds is 7. The summed E-state index contributed by atoms with van der Waals surface area (Å²) in [5.41, 5.74) is 1.73. The van der Waals surface area contributed by atoms with Crippen molar-refractivity contribution in [1.29, 1.82) is 0 Å². The molecule has 1 amide bonds. The maximum Gasteiger partial charge on any atom is 0.247 e. The molecule has 0 saturated heterocycles. The van der Waals surface area contributed by atoms with Crippen molar-refractivity contribution in [1.82, 2.24) is 20.5 Å². The minimum Gasteiger partial charge on any atom is -0.494 e. The Hall–Kier alpha value is -3.22. The Morgan fingerprint density at radius 3 is 2.84 bits per heavy atom. The number of benzene rings is 1. The van der Waals surface area contributed by atoms with Gasteiger partial charge in [0.1, 0.15) is 12.2 Å². The van der Waals surface area contributed by atoms with Gasteiger partial charge in [0.25, 0.3) is 0 Å². The van der Waals surface area contributed by atoms with Gasteiger partial charge in [0.05, 0.1) is 6.61 Å². The molecule has 3 aromatic rings. The van der Waals surface area contributed by atoms with Crippen molar-refractivity contribution in [2.45, 2.75) is 19.9 Å². The van der Waals surface area contributed by atoms with Gasteiger partial charge in [-0.05, 0) is 36.8 Å². The van der Waals surface area contributed by atoms with Gasteiger partial charge in [0, 0.05) is 24.5 Å². The maximum atomic E-state index is 12.1. The first kappa shape index (κ1) is 16.6. The quantitative estimate of drug-likeness (QED) is 0.711. The molecule has 0 aliphatic carbocycles. The van der Waals surface area contributed by atoms with Crippen molar-refractivity contribution in [3.05, 3.63) is 60.2 Å². The van der Waals surface area contributed by atoms with E-state index >= 15 is 0 Å². The third kappa shape index (κ3) is 4.63. The molecule has 0 radical (unpaired) electrons. The Kier molecular flexibility index (Phi) is 5.36. The predicted molar refractivity (Wildman–Crippen MR) is 90.7 cm³/mol. The Labute approximate surface area is 145 Å². The van der Waals surface area contributed by atoms with Gasteiger partial charge >= 0.3 is 0 Å². The molecule has 3 rings (SSSR count). The lowest BCUT2D eigenvalue weighted by Gasteiger charge is -2.07. The van der Waals surface area contributed by atoms with Gasteiger partial charge in [-0.1, -0.05) is 12.1 Å². The Morgan fingerprint density at radius 2 is 2.04 bits per heavy atom. The summed E-state index contributed by atoms with van der Waals surface area (Å²) in [6.07, 6.45) is 3.31. The summed E-state index contributed by atoms with van der Waals surface area (Å²) in [6.45, 7) is 2.94. The molecule has 0 fully saturated rings. The SMILES string of the molecule is CCOc1cccc(CNC(=O)Cc2nnc(-c3ccncc3)o2)c1. The van der Waals surface area contributed by atoms with Crippen LogP contribution in [-0.4, -0.2) is 27.7 Å². The molecule has 1 N–H and O–H groups in total. The second-order valence-electron chi connectivity index (χ2n) is 5.27. The van der Waals surface area contributed by atoms with Crippen LogP contribution in [0.15, 0.2) is 53.2 Å². The van der Waals surface area contributed by atoms with E-state index in [1.807, 2.05) is 31.2 Å². The molecule has 0 aliphatic rings. The fourth-order valence-corrected chi connectivity index (χ4v) is 2.25. The second-order valence-corrected chi connectivity index (χ2v) is 5.27. The summed E-state index contributed by atoms with van der Waals surface area (Å²) in [7, 11) is 0. The van der Waals surface area contributed by atoms with Crippen molar-refractivity contribution < 1.29 is 13.9 Å². The van der Waals surface area contributed by atoms with Gasteiger partial charge < -0.3 is 14.5 Å². The number of amides is 1. The highest BCUT2D eigenvalue weighted by molar-refractivity contribution is 5.77. The predicted octanol–water partition coefficient (Wildman–Crippen LogP) is 2.39. The summed E-state index contributed by atoms with van der Waals surface area (Å²) in [5, 5.41) is 10.7. The molecule has 7 nitrogen and oxygen atoms in total. The molecule has 0 aliphatic heterocycles. The molecule has 0 spiro atoms. The van der Waals surface area contributed by atoms with Gasteiger partial charge in [-0.15, -0.1) is 10.2 Å². The number of ether oxygens (including phenoxy) is 1. The molecule has 2 aromatic heterocycles. The largest absolute Gasteiger partial charge is 0.494 e. The number of pyridine rings is 1. The zero-order valence-corrected chi connectivity index (χ0v) is 13.8. The van der Waals surface area contributed by atoms with Crippen LogP contribution < -0.4 is 10.1 Å². The smallest absolute Gasteiger partial charge is 0.247 e. The van der Waals surface area contributed by atoms with Crippen LogP contribution in [0.2, 0.25) is 0 Å². The summed E-state index contributed by atoms with van der Waals surface area (Å²) in [6, 6.07) is 11.1. The number of nitrogens with one attached hydrogen (secondary N) is 1. The van der Waals surface area contributed by atoms with Gasteiger partial charge in [0.15, 0.2) is 0 Å². The van der Waals surface area contributed by atoms with E-state index in [1.54, 1.807) is 24.5 Å². The number of carbonyl (C=O) groups excluding carboxylic acids is 1. The van der Waals surface area contributed by atoms with Crippen molar-refractivity contribution in [3.63, 3.8) is 0 Å². The first-order valence-electron chi connectivity index (χ1n) is 7.96. The lowest BCUT2D eigenvalue weighted by molar-refractivity contribution is -0.120. The molecule has 128 valence electrons. The minimum atomic E-state index is -0.188. The number of carbonyl (C=O) groups is 1. The van der Waals surface area contributed by atoms with Crippen molar-refractivity contribution in [2.24, 2.45) is 0 Å². The molecule has 0 atom stereocenters. The van der Waals surface area contributed by atoms with E-state index in [2.05, 4.69) is 20.5 Å². The molecular weight excluding hydrogens is 320 g/mol. The molecule has 1 aromatic carbocycles. The van der Waals surface area contributed by atoms with Crippen LogP contribution in [0.1, 0.15) is 18.4 Å². The molecule has 25 heavy (non-hydrogen) atoms. The normalized spacial score (nSPS) is 10.4. The highest BCUT2D eigenvalue weighted by Crippen LogP contribution is 2.16. The van der Waals surface area contributed by atoms with Crippen LogP contribution in [0.3, 0.4) is 0 Å². The van der Waals surface area contributed by atoms with E-state index < -0.39 is 0 Å². The second kappa shape index (κ2) is 8.05. The minimum absolute atomic E-state index is 0.0310. The third-order valence-electron chi connectivity index (χ3n) is 3.41. The Morgan fingerprint density at radius 1 is 1.20 bits per heavy atom. The van der Waals surface area contributed by atoms with Crippen LogP contribution in [0.5, 0.6) is 5.75 Å². The lowest BCUT2D eigenvalue weighted by atomic mass is 10.2. The number of aromatic nitrogens is 3. The monoisotopic (exact) mass is 338 g/mol. The van der Waals surface area contributed by atoms with Gasteiger partial charge in [0.2, 0.25) is 17.7 Å². The first-order valence-corrected chi connectivity index (χ1v) is 7.96. The maximum absolute atomic E-state index is 12.1. The van der Waals surface area contributed by atoms with Crippen LogP contribution in [-0.2, 0) is 17.8 Å². The van der Waals surface area contributed by atoms with E-state index in [-0.39, 0.29) is 18.2 Å². The number of nitrogens with zero attached hydrogens (tertiary/aromatic N) is 3. The fourth-order valence-electron chi connectivity index (χ4n) is 2.25. The van der Waals surface area contributed by atoms with E-state index in [0.29, 0.717) is 19.0 Å². The molecule has 2 heterocycles. The molecule has 7 heteroatoms. The molecule has 0 bridgehead atoms. The lowest BCUT2D eigenvalue weighted by Crippen LogP contribution is -2.24. The average Bonchev–Trinajstić information content (AvgIpc) is 3.10.